The number of allylic oxidation sites excluding steroid dienone is 1. The molecule has 0 unspecified atom stereocenters. The summed E-state index contributed by atoms with van der Waals surface area (Å²) in [6.07, 6.45) is 2.00. The first-order valence-corrected chi connectivity index (χ1v) is 6.02. The average molecular weight is 300 g/mol. The van der Waals surface area contributed by atoms with Crippen molar-refractivity contribution in [3.63, 3.8) is 0 Å². The molecule has 1 rings (SSSR count). The molecule has 0 aliphatic carbocycles. The number of rotatable bonds is 5. The molecule has 0 aromatic heterocycles. The van der Waals surface area contributed by atoms with Crippen molar-refractivity contribution in [1.82, 2.24) is 10.9 Å². The predicted molar refractivity (Wildman–Crippen MR) is 71.7 cm³/mol. The summed E-state index contributed by atoms with van der Waals surface area (Å²) in [5.41, 5.74) is 8.89. The molecule has 0 radical (unpaired) electrons. The first kappa shape index (κ1) is 16.5. The lowest BCUT2D eigenvalue weighted by atomic mass is 9.92. The van der Waals surface area contributed by atoms with E-state index < -0.39 is 35.2 Å². The highest BCUT2D eigenvalue weighted by Gasteiger charge is 2.26. The molecular weight excluding hydrogens is 285 g/mol. The normalized spacial score (nSPS) is 11.6. The fourth-order valence-corrected chi connectivity index (χ4v) is 1.74. The van der Waals surface area contributed by atoms with Gasteiger partial charge in [0.2, 0.25) is 11.9 Å². The van der Waals surface area contributed by atoms with Crippen LogP contribution in [0.15, 0.2) is 24.8 Å². The summed E-state index contributed by atoms with van der Waals surface area (Å²) in [4.78, 5) is 12.0. The average Bonchev–Trinajstić information content (AvgIpc) is 2.44. The van der Waals surface area contributed by atoms with Gasteiger partial charge in [-0.3, -0.25) is 21.1 Å². The van der Waals surface area contributed by atoms with Crippen LogP contribution in [0.5, 0.6) is 0 Å². The molecule has 21 heavy (non-hydrogen) atoms. The van der Waals surface area contributed by atoms with E-state index in [-0.39, 0.29) is 12.0 Å². The fraction of sp³-hybridized carbons (Fsp3) is 0.231. The number of nitrogens with one attached hydrogen (secondary N) is 3. The van der Waals surface area contributed by atoms with Crippen LogP contribution in [0, 0.1) is 22.9 Å². The summed E-state index contributed by atoms with van der Waals surface area (Å²) < 4.78 is 40.0. The molecule has 0 fully saturated rings. The maximum atomic E-state index is 13.8. The molecule has 0 saturated carbocycles. The number of nitrogens with two attached hydrogens (primary N) is 1. The molecule has 0 aliphatic rings. The van der Waals surface area contributed by atoms with Gasteiger partial charge >= 0.3 is 0 Å². The van der Waals surface area contributed by atoms with Crippen molar-refractivity contribution < 1.29 is 18.0 Å². The molecule has 5 nitrogen and oxygen atoms in total. The highest BCUT2D eigenvalue weighted by molar-refractivity contribution is 5.86. The van der Waals surface area contributed by atoms with Gasteiger partial charge < -0.3 is 5.73 Å². The van der Waals surface area contributed by atoms with Gasteiger partial charge in [-0.15, -0.1) is 6.58 Å². The molecule has 0 spiro atoms. The molecule has 0 saturated heterocycles. The summed E-state index contributed by atoms with van der Waals surface area (Å²) in [7, 11) is 0. The number of guanidine groups is 1. The second kappa shape index (κ2) is 7.32. The van der Waals surface area contributed by atoms with Gasteiger partial charge in [-0.1, -0.05) is 12.1 Å². The molecule has 1 atom stereocenters. The molecule has 0 aliphatic heterocycles. The Morgan fingerprint density at radius 1 is 1.33 bits per heavy atom. The summed E-state index contributed by atoms with van der Waals surface area (Å²) >= 11 is 0. The van der Waals surface area contributed by atoms with Gasteiger partial charge in [0.15, 0.2) is 17.5 Å². The van der Waals surface area contributed by atoms with Crippen LogP contribution in [0.2, 0.25) is 0 Å². The number of hydrazine groups is 1. The van der Waals surface area contributed by atoms with E-state index in [1.807, 2.05) is 0 Å². The van der Waals surface area contributed by atoms with E-state index in [1.165, 1.54) is 6.08 Å². The highest BCUT2D eigenvalue weighted by Crippen LogP contribution is 2.27. The number of hydrogen-bond donors (Lipinski definition) is 4. The lowest BCUT2D eigenvalue weighted by Crippen LogP contribution is -2.46. The zero-order chi connectivity index (χ0) is 16.0. The van der Waals surface area contributed by atoms with E-state index in [1.54, 1.807) is 0 Å². The maximum Gasteiger partial charge on any atom is 0.246 e. The summed E-state index contributed by atoms with van der Waals surface area (Å²) in [6.45, 7) is 3.48. The standard InChI is InChI=1S/C13H15F3N4O/c1-2-3-4-8(12(21)19-20-13(17)18)7-5-6-9(14)11(16)10(7)15/h2,5-6,8H,1,3-4H2,(H,19,21)(H4,17,18,20)/t8-/m0/s1. The molecule has 1 aromatic carbocycles. The third kappa shape index (κ3) is 4.23. The Labute approximate surface area is 119 Å². The van der Waals surface area contributed by atoms with Gasteiger partial charge in [-0.05, 0) is 18.9 Å². The Balaban J connectivity index is 3.07. The summed E-state index contributed by atoms with van der Waals surface area (Å²) in [5.74, 6) is -6.70. The van der Waals surface area contributed by atoms with Crippen molar-refractivity contribution >= 4 is 11.9 Å². The largest absolute Gasteiger partial charge is 0.369 e. The Hall–Kier alpha value is -2.51. The number of carbonyl (C=O) groups excluding carboxylic acids is 1. The second-order valence-electron chi connectivity index (χ2n) is 4.21. The number of amides is 1. The number of carbonyl (C=O) groups is 1. The summed E-state index contributed by atoms with van der Waals surface area (Å²) in [6, 6.07) is 1.76. The SMILES string of the molecule is C=CCC[C@H](C(=O)NNC(=N)N)c1ccc(F)c(F)c1F. The number of halogens is 3. The van der Waals surface area contributed by atoms with Crippen molar-refractivity contribution in [2.75, 3.05) is 0 Å². The van der Waals surface area contributed by atoms with Gasteiger partial charge in [0, 0.05) is 5.56 Å². The number of benzene rings is 1. The monoisotopic (exact) mass is 300 g/mol. The van der Waals surface area contributed by atoms with E-state index in [2.05, 4.69) is 17.4 Å². The van der Waals surface area contributed by atoms with Crippen molar-refractivity contribution in [2.45, 2.75) is 18.8 Å². The second-order valence-corrected chi connectivity index (χ2v) is 4.21. The predicted octanol–water partition coefficient (Wildman–Crippen LogP) is 1.67. The van der Waals surface area contributed by atoms with E-state index in [0.717, 1.165) is 12.1 Å². The maximum absolute atomic E-state index is 13.8. The quantitative estimate of drug-likeness (QED) is 0.219. The highest BCUT2D eigenvalue weighted by atomic mass is 19.2. The Kier molecular flexibility index (Phi) is 5.77. The van der Waals surface area contributed by atoms with E-state index in [4.69, 9.17) is 11.1 Å². The third-order valence-corrected chi connectivity index (χ3v) is 2.74. The van der Waals surface area contributed by atoms with E-state index in [9.17, 15) is 18.0 Å². The zero-order valence-corrected chi connectivity index (χ0v) is 11.1. The Bertz CT molecular complexity index is 563. The fourth-order valence-electron chi connectivity index (χ4n) is 1.74. The minimum atomic E-state index is -1.64. The van der Waals surface area contributed by atoms with Crippen LogP contribution in [0.3, 0.4) is 0 Å². The van der Waals surface area contributed by atoms with Gasteiger partial charge in [-0.25, -0.2) is 13.2 Å². The molecule has 1 amide bonds. The van der Waals surface area contributed by atoms with Gasteiger partial charge in [-0.2, -0.15) is 0 Å². The van der Waals surface area contributed by atoms with Crippen LogP contribution in [0.4, 0.5) is 13.2 Å². The topological polar surface area (TPSA) is 91.0 Å². The van der Waals surface area contributed by atoms with Crippen LogP contribution in [0.1, 0.15) is 24.3 Å². The smallest absolute Gasteiger partial charge is 0.246 e. The zero-order valence-electron chi connectivity index (χ0n) is 11.1. The van der Waals surface area contributed by atoms with Crippen LogP contribution in [-0.2, 0) is 4.79 Å². The molecule has 8 heteroatoms. The lowest BCUT2D eigenvalue weighted by molar-refractivity contribution is -0.123. The first-order valence-electron chi connectivity index (χ1n) is 6.02. The molecule has 5 N–H and O–H groups in total. The van der Waals surface area contributed by atoms with Crippen LogP contribution in [0.25, 0.3) is 0 Å². The first-order chi connectivity index (χ1) is 9.88. The lowest BCUT2D eigenvalue weighted by Gasteiger charge is -2.18. The molecule has 1 aromatic rings. The molecule has 0 bridgehead atoms. The van der Waals surface area contributed by atoms with Crippen LogP contribution in [-0.4, -0.2) is 11.9 Å². The van der Waals surface area contributed by atoms with Gasteiger partial charge in [0.1, 0.15) is 0 Å². The third-order valence-electron chi connectivity index (χ3n) is 2.74. The minimum Gasteiger partial charge on any atom is -0.369 e. The van der Waals surface area contributed by atoms with Crippen molar-refractivity contribution in [3.8, 4) is 0 Å². The molecule has 0 heterocycles. The van der Waals surface area contributed by atoms with Crippen molar-refractivity contribution in [1.29, 1.82) is 5.41 Å². The Morgan fingerprint density at radius 2 is 2.00 bits per heavy atom. The molecular formula is C13H15F3N4O. The van der Waals surface area contributed by atoms with E-state index >= 15 is 0 Å². The molecule has 114 valence electrons. The van der Waals surface area contributed by atoms with Crippen molar-refractivity contribution in [3.05, 3.63) is 47.8 Å². The van der Waals surface area contributed by atoms with Crippen LogP contribution < -0.4 is 16.6 Å². The van der Waals surface area contributed by atoms with E-state index in [0.29, 0.717) is 6.42 Å². The number of hydrogen-bond acceptors (Lipinski definition) is 2. The Morgan fingerprint density at radius 3 is 2.57 bits per heavy atom. The van der Waals surface area contributed by atoms with Crippen molar-refractivity contribution in [2.24, 2.45) is 5.73 Å². The minimum absolute atomic E-state index is 0.136. The van der Waals surface area contributed by atoms with Gasteiger partial charge in [0.05, 0.1) is 5.92 Å². The summed E-state index contributed by atoms with van der Waals surface area (Å²) in [5, 5.41) is 6.93. The van der Waals surface area contributed by atoms with Crippen LogP contribution >= 0.6 is 0 Å². The van der Waals surface area contributed by atoms with Gasteiger partial charge in [0.25, 0.3) is 0 Å².